The molecule has 0 saturated carbocycles. The van der Waals surface area contributed by atoms with E-state index in [4.69, 9.17) is 11.5 Å². The van der Waals surface area contributed by atoms with Crippen LogP contribution >= 0.6 is 0 Å². The van der Waals surface area contributed by atoms with Crippen LogP contribution < -0.4 is 0 Å². The first kappa shape index (κ1) is 17.1. The van der Waals surface area contributed by atoms with Gasteiger partial charge in [-0.2, -0.15) is 0 Å². The minimum Gasteiger partial charge on any atom is -0.667 e. The second-order valence-corrected chi connectivity index (χ2v) is 2.91. The van der Waals surface area contributed by atoms with E-state index in [1.165, 1.54) is 11.8 Å². The number of carbonyl (C=O) groups excluding carboxylic acids is 2. The van der Waals surface area contributed by atoms with E-state index in [1.807, 2.05) is 0 Å². The van der Waals surface area contributed by atoms with Crippen molar-refractivity contribution in [2.45, 2.75) is 25.4 Å². The van der Waals surface area contributed by atoms with Crippen molar-refractivity contribution < 1.29 is 63.4 Å². The molecular formula is C7H11N3O2WY-2. The Labute approximate surface area is 122 Å². The van der Waals surface area contributed by atoms with Crippen LogP contribution in [0.3, 0.4) is 0 Å². The summed E-state index contributed by atoms with van der Waals surface area (Å²) in [5.74, 6) is -1.10. The largest absolute Gasteiger partial charge is 0.667 e. The zero-order chi connectivity index (χ0) is 9.30. The van der Waals surface area contributed by atoms with Crippen molar-refractivity contribution in [2.24, 2.45) is 0 Å². The summed E-state index contributed by atoms with van der Waals surface area (Å²) in [5, 5.41) is 0. The van der Waals surface area contributed by atoms with Crippen molar-refractivity contribution in [3.8, 4) is 0 Å². The predicted molar refractivity (Wildman–Crippen MR) is 43.2 cm³/mol. The maximum atomic E-state index is 11.2. The molecule has 0 unspecified atom stereocenters. The van der Waals surface area contributed by atoms with Gasteiger partial charge in [-0.25, -0.2) is 0 Å². The van der Waals surface area contributed by atoms with Gasteiger partial charge in [0.25, 0.3) is 0 Å². The molecule has 1 radical (unpaired) electrons. The standard InChI is InChI=1S/C7H12N3O2.W.Y/c1-4(6(9)11)10-3-2-5(8)7(10)12;;/h4-5,8H,2-3H2,1H3,(H2,9,11);;/q-1;;/p-1/t4-,5-;;/m0../s1. The molecule has 5 nitrogen and oxygen atoms in total. The number of hydrogen-bond acceptors (Lipinski definition) is 2. The molecular weight excluding hydrogens is 431 g/mol. The van der Waals surface area contributed by atoms with E-state index < -0.39 is 18.0 Å². The van der Waals surface area contributed by atoms with Gasteiger partial charge in [-0.15, -0.1) is 0 Å². The molecule has 1 heterocycles. The molecule has 0 aromatic heterocycles. The van der Waals surface area contributed by atoms with E-state index >= 15 is 0 Å². The molecule has 14 heavy (non-hydrogen) atoms. The summed E-state index contributed by atoms with van der Waals surface area (Å²) in [6.45, 7) is 1.95. The molecule has 0 bridgehead atoms. The monoisotopic (exact) mass is 442 g/mol. The van der Waals surface area contributed by atoms with Crippen LogP contribution in [0.4, 0.5) is 0 Å². The minimum absolute atomic E-state index is 0. The topological polar surface area (TPSA) is 85.0 Å². The normalized spacial score (nSPS) is 22.3. The van der Waals surface area contributed by atoms with Crippen molar-refractivity contribution in [2.75, 3.05) is 6.54 Å². The average Bonchev–Trinajstić information content (AvgIpc) is 2.32. The molecule has 2 N–H and O–H groups in total. The molecule has 1 saturated heterocycles. The van der Waals surface area contributed by atoms with Crippen LogP contribution in [0, 0.1) is 0 Å². The van der Waals surface area contributed by atoms with E-state index in [2.05, 4.69) is 0 Å². The Morgan fingerprint density at radius 2 is 2.14 bits per heavy atom. The van der Waals surface area contributed by atoms with Gasteiger partial charge in [0.1, 0.15) is 0 Å². The van der Waals surface area contributed by atoms with Crippen molar-refractivity contribution >= 4 is 11.8 Å². The maximum absolute atomic E-state index is 11.2. The molecule has 1 aliphatic rings. The van der Waals surface area contributed by atoms with Crippen molar-refractivity contribution in [3.63, 3.8) is 0 Å². The van der Waals surface area contributed by atoms with Gasteiger partial charge in [0, 0.05) is 60.3 Å². The SMILES string of the molecule is C[C@@H](C([NH-])=O)N1CC[C@H]([NH-])C1=O.[W].[Y]. The number of amides is 2. The van der Waals surface area contributed by atoms with Crippen LogP contribution in [0.25, 0.3) is 11.5 Å². The average molecular weight is 442 g/mol. The molecule has 2 atom stereocenters. The summed E-state index contributed by atoms with van der Waals surface area (Å²) >= 11 is 0. The number of carbonyl (C=O) groups is 2. The first-order valence-corrected chi connectivity index (χ1v) is 3.81. The Morgan fingerprint density at radius 3 is 2.43 bits per heavy atom. The fourth-order valence-corrected chi connectivity index (χ4v) is 1.23. The molecule has 7 heteroatoms. The zero-order valence-corrected chi connectivity index (χ0v) is 13.6. The van der Waals surface area contributed by atoms with Gasteiger partial charge in [-0.3, -0.25) is 4.79 Å². The van der Waals surface area contributed by atoms with Crippen LogP contribution in [0.15, 0.2) is 0 Å². The molecule has 0 aromatic rings. The van der Waals surface area contributed by atoms with E-state index in [1.54, 1.807) is 0 Å². The van der Waals surface area contributed by atoms with E-state index in [0.29, 0.717) is 13.0 Å². The first-order valence-electron chi connectivity index (χ1n) is 3.81. The number of rotatable bonds is 2. The van der Waals surface area contributed by atoms with Gasteiger partial charge < -0.3 is 21.2 Å². The summed E-state index contributed by atoms with van der Waals surface area (Å²) in [4.78, 5) is 23.0. The van der Waals surface area contributed by atoms with Gasteiger partial charge in [0.2, 0.25) is 5.91 Å². The van der Waals surface area contributed by atoms with E-state index in [-0.39, 0.29) is 59.7 Å². The summed E-state index contributed by atoms with van der Waals surface area (Å²) < 4.78 is 0. The fourth-order valence-electron chi connectivity index (χ4n) is 1.23. The Balaban J connectivity index is 0. The quantitative estimate of drug-likeness (QED) is 0.628. The van der Waals surface area contributed by atoms with Gasteiger partial charge in [-0.05, 0) is 13.3 Å². The van der Waals surface area contributed by atoms with Crippen LogP contribution in [-0.4, -0.2) is 35.3 Å². The van der Waals surface area contributed by atoms with Gasteiger partial charge in [-0.1, -0.05) is 6.04 Å². The summed E-state index contributed by atoms with van der Waals surface area (Å²) in [5.41, 5.74) is 14.0. The summed E-state index contributed by atoms with van der Waals surface area (Å²) in [7, 11) is 0. The molecule has 0 aromatic carbocycles. The van der Waals surface area contributed by atoms with Crippen LogP contribution in [0.1, 0.15) is 13.3 Å². The van der Waals surface area contributed by atoms with Crippen molar-refractivity contribution in [1.82, 2.24) is 4.90 Å². The Bertz CT molecular complexity index is 227. The molecule has 2 amide bonds. The van der Waals surface area contributed by atoms with Gasteiger partial charge in [0.05, 0.1) is 11.9 Å². The smallest absolute Gasteiger partial charge is 0.205 e. The molecule has 77 valence electrons. The van der Waals surface area contributed by atoms with Gasteiger partial charge >= 0.3 is 0 Å². The first-order chi connectivity index (χ1) is 5.54. The third-order valence-electron chi connectivity index (χ3n) is 2.09. The minimum atomic E-state index is -0.766. The maximum Gasteiger partial charge on any atom is 0.205 e. The van der Waals surface area contributed by atoms with Crippen molar-refractivity contribution in [3.05, 3.63) is 11.5 Å². The molecule has 0 aliphatic carbocycles. The van der Waals surface area contributed by atoms with Crippen LogP contribution in [0.5, 0.6) is 0 Å². The number of likely N-dealkylation sites (tertiary alicyclic amines) is 1. The van der Waals surface area contributed by atoms with Gasteiger partial charge in [0.15, 0.2) is 0 Å². The van der Waals surface area contributed by atoms with Crippen LogP contribution in [0.2, 0.25) is 0 Å². The Morgan fingerprint density at radius 1 is 1.64 bits per heavy atom. The second-order valence-electron chi connectivity index (χ2n) is 2.91. The third kappa shape index (κ3) is 3.69. The second kappa shape index (κ2) is 7.05. The number of nitrogens with zero attached hydrogens (tertiary/aromatic N) is 1. The summed E-state index contributed by atoms with van der Waals surface area (Å²) in [6.07, 6.45) is 0.469. The fraction of sp³-hybridized carbons (Fsp3) is 0.714. The third-order valence-corrected chi connectivity index (χ3v) is 2.09. The molecule has 1 rings (SSSR count). The van der Waals surface area contributed by atoms with E-state index in [9.17, 15) is 9.59 Å². The Hall–Kier alpha value is 0.692. The van der Waals surface area contributed by atoms with E-state index in [0.717, 1.165) is 0 Å². The number of nitrogens with one attached hydrogen (secondary N) is 2. The van der Waals surface area contributed by atoms with Crippen LogP contribution in [-0.2, 0) is 63.4 Å². The molecule has 1 fully saturated rings. The van der Waals surface area contributed by atoms with Crippen molar-refractivity contribution in [1.29, 1.82) is 0 Å². The number of hydrogen-bond donors (Lipinski definition) is 0. The predicted octanol–water partition coefficient (Wildman–Crippen LogP) is 0.602. The summed E-state index contributed by atoms with van der Waals surface area (Å²) in [6, 6.07) is -1.42. The Kier molecular flexibility index (Phi) is 8.61. The zero-order valence-electron chi connectivity index (χ0n) is 7.82. The molecule has 1 aliphatic heterocycles. The molecule has 0 spiro atoms.